The summed E-state index contributed by atoms with van der Waals surface area (Å²) in [5.41, 5.74) is -0.0558. The van der Waals surface area contributed by atoms with Gasteiger partial charge < -0.3 is 5.11 Å². The van der Waals surface area contributed by atoms with Crippen molar-refractivity contribution in [1.29, 1.82) is 0 Å². The molecule has 0 fully saturated rings. The van der Waals surface area contributed by atoms with Gasteiger partial charge in [0.2, 0.25) is 0 Å². The molecule has 0 amide bonds. The van der Waals surface area contributed by atoms with Gasteiger partial charge in [-0.25, -0.2) is 12.8 Å². The minimum absolute atomic E-state index is 0.0558. The van der Waals surface area contributed by atoms with Crippen LogP contribution in [-0.4, -0.2) is 24.7 Å². The van der Waals surface area contributed by atoms with Crippen LogP contribution < -0.4 is 0 Å². The predicted molar refractivity (Wildman–Crippen MR) is 65.7 cm³/mol. The summed E-state index contributed by atoms with van der Waals surface area (Å²) in [6.07, 6.45) is -0.509. The molecule has 0 bridgehead atoms. The molecule has 1 aromatic carbocycles. The van der Waals surface area contributed by atoms with Crippen LogP contribution in [-0.2, 0) is 20.4 Å². The third-order valence-corrected chi connectivity index (χ3v) is 4.86. The Kier molecular flexibility index (Phi) is 4.70. The quantitative estimate of drug-likeness (QED) is 0.904. The van der Waals surface area contributed by atoms with E-state index in [1.807, 2.05) is 0 Å². The van der Waals surface area contributed by atoms with Gasteiger partial charge in [0.1, 0.15) is 5.82 Å². The maximum absolute atomic E-state index is 13.5. The molecule has 4 nitrogen and oxygen atoms in total. The van der Waals surface area contributed by atoms with E-state index >= 15 is 0 Å². The summed E-state index contributed by atoms with van der Waals surface area (Å²) >= 11 is 5.54. The van der Waals surface area contributed by atoms with E-state index in [-0.39, 0.29) is 10.6 Å². The molecule has 1 aromatic rings. The average Bonchev–Trinajstić information content (AvgIpc) is 2.23. The maximum atomic E-state index is 13.5. The van der Waals surface area contributed by atoms with E-state index in [1.54, 1.807) is 0 Å². The average molecular weight is 295 g/mol. The van der Waals surface area contributed by atoms with Gasteiger partial charge in [-0.1, -0.05) is 23.7 Å². The number of hydrogen-bond donors (Lipinski definition) is 1. The second-order valence-corrected chi connectivity index (χ2v) is 6.75. The first kappa shape index (κ1) is 14.9. The van der Waals surface area contributed by atoms with E-state index in [4.69, 9.17) is 16.7 Å². The van der Waals surface area contributed by atoms with E-state index in [1.165, 1.54) is 25.1 Å². The van der Waals surface area contributed by atoms with Crippen molar-refractivity contribution in [3.8, 4) is 0 Å². The lowest BCUT2D eigenvalue weighted by Gasteiger charge is -2.11. The van der Waals surface area contributed by atoms with Gasteiger partial charge in [-0.3, -0.25) is 4.79 Å². The number of benzene rings is 1. The van der Waals surface area contributed by atoms with Crippen LogP contribution in [0.4, 0.5) is 4.39 Å². The largest absolute Gasteiger partial charge is 0.481 e. The normalized spacial score (nSPS) is 13.3. The molecule has 0 saturated carbocycles. The summed E-state index contributed by atoms with van der Waals surface area (Å²) in [7, 11) is -3.73. The lowest BCUT2D eigenvalue weighted by molar-refractivity contribution is -0.136. The van der Waals surface area contributed by atoms with Crippen molar-refractivity contribution in [1.82, 2.24) is 0 Å². The number of carboxylic acid groups (broad SMARTS) is 1. The maximum Gasteiger partial charge on any atom is 0.304 e. The third kappa shape index (κ3) is 3.68. The molecule has 7 heteroatoms. The Labute approximate surface area is 109 Å². The number of sulfone groups is 1. The van der Waals surface area contributed by atoms with Crippen LogP contribution in [0.2, 0.25) is 5.02 Å². The zero-order valence-electron chi connectivity index (χ0n) is 9.56. The number of carboxylic acids is 1. The zero-order chi connectivity index (χ0) is 13.9. The highest BCUT2D eigenvalue weighted by atomic mass is 35.5. The van der Waals surface area contributed by atoms with E-state index in [0.29, 0.717) is 0 Å². The molecule has 0 aliphatic carbocycles. The number of aliphatic carboxylic acids is 1. The molecule has 0 aromatic heterocycles. The Morgan fingerprint density at radius 2 is 2.11 bits per heavy atom. The highest BCUT2D eigenvalue weighted by Gasteiger charge is 2.25. The van der Waals surface area contributed by atoms with Crippen molar-refractivity contribution < 1.29 is 22.7 Å². The Hall–Kier alpha value is -1.14. The van der Waals surface area contributed by atoms with Crippen molar-refractivity contribution in [2.75, 3.05) is 0 Å². The molecule has 1 N–H and O–H groups in total. The standard InChI is InChI=1S/C11H12ClFO4S/c1-7(5-10(14)15)18(16,17)6-8-3-2-4-9(12)11(8)13/h2-4,7H,5-6H2,1H3,(H,14,15). The van der Waals surface area contributed by atoms with Gasteiger partial charge in [-0.2, -0.15) is 0 Å². The number of halogens is 2. The van der Waals surface area contributed by atoms with Gasteiger partial charge in [0.05, 0.1) is 22.4 Å². The molecule has 0 spiro atoms. The third-order valence-electron chi connectivity index (χ3n) is 2.46. The van der Waals surface area contributed by atoms with Crippen molar-refractivity contribution in [2.24, 2.45) is 0 Å². The summed E-state index contributed by atoms with van der Waals surface area (Å²) in [4.78, 5) is 10.5. The van der Waals surface area contributed by atoms with Crippen molar-refractivity contribution >= 4 is 27.4 Å². The summed E-state index contributed by atoms with van der Waals surface area (Å²) in [5.74, 6) is -2.56. The van der Waals surface area contributed by atoms with Crippen molar-refractivity contribution in [3.05, 3.63) is 34.6 Å². The number of carbonyl (C=O) groups is 1. The topological polar surface area (TPSA) is 71.4 Å². The minimum Gasteiger partial charge on any atom is -0.481 e. The molecule has 0 heterocycles. The van der Waals surface area contributed by atoms with E-state index < -0.39 is 39.0 Å². The second kappa shape index (κ2) is 5.67. The molecule has 0 aliphatic rings. The first-order chi connectivity index (χ1) is 8.24. The molecule has 100 valence electrons. The summed E-state index contributed by atoms with van der Waals surface area (Å²) in [6.45, 7) is 1.28. The Bertz CT molecular complexity index is 556. The predicted octanol–water partition coefficient (Wildman–Crippen LogP) is 2.26. The summed E-state index contributed by atoms with van der Waals surface area (Å²) in [5, 5.41) is 7.32. The van der Waals surface area contributed by atoms with Crippen LogP contribution in [0.3, 0.4) is 0 Å². The Morgan fingerprint density at radius 1 is 1.50 bits per heavy atom. The fraction of sp³-hybridized carbons (Fsp3) is 0.364. The Balaban J connectivity index is 2.96. The fourth-order valence-electron chi connectivity index (χ4n) is 1.39. The monoisotopic (exact) mass is 294 g/mol. The van der Waals surface area contributed by atoms with E-state index in [2.05, 4.69) is 0 Å². The van der Waals surface area contributed by atoms with Crippen LogP contribution >= 0.6 is 11.6 Å². The van der Waals surface area contributed by atoms with Crippen LogP contribution in [0, 0.1) is 5.82 Å². The van der Waals surface area contributed by atoms with E-state index in [0.717, 1.165) is 0 Å². The van der Waals surface area contributed by atoms with Crippen LogP contribution in [0.15, 0.2) is 18.2 Å². The molecule has 1 atom stereocenters. The molecule has 1 unspecified atom stereocenters. The molecule has 1 rings (SSSR count). The van der Waals surface area contributed by atoms with Gasteiger partial charge >= 0.3 is 5.97 Å². The molecule has 0 saturated heterocycles. The SMILES string of the molecule is CC(CC(=O)O)S(=O)(=O)Cc1cccc(Cl)c1F. The number of hydrogen-bond acceptors (Lipinski definition) is 3. The van der Waals surface area contributed by atoms with Crippen molar-refractivity contribution in [2.45, 2.75) is 24.3 Å². The molecule has 18 heavy (non-hydrogen) atoms. The van der Waals surface area contributed by atoms with Crippen LogP contribution in [0.1, 0.15) is 18.9 Å². The van der Waals surface area contributed by atoms with Gasteiger partial charge in [-0.15, -0.1) is 0 Å². The van der Waals surface area contributed by atoms with Gasteiger partial charge in [-0.05, 0) is 13.0 Å². The van der Waals surface area contributed by atoms with Crippen molar-refractivity contribution in [3.63, 3.8) is 0 Å². The first-order valence-electron chi connectivity index (χ1n) is 5.10. The van der Waals surface area contributed by atoms with Gasteiger partial charge in [0, 0.05) is 5.56 Å². The smallest absolute Gasteiger partial charge is 0.304 e. The zero-order valence-corrected chi connectivity index (χ0v) is 11.1. The lowest BCUT2D eigenvalue weighted by atomic mass is 10.2. The molecule has 0 radical (unpaired) electrons. The molecular formula is C11H12ClFO4S. The molecular weight excluding hydrogens is 283 g/mol. The lowest BCUT2D eigenvalue weighted by Crippen LogP contribution is -2.23. The fourth-order valence-corrected chi connectivity index (χ4v) is 2.92. The highest BCUT2D eigenvalue weighted by molar-refractivity contribution is 7.91. The van der Waals surface area contributed by atoms with Gasteiger partial charge in [0.25, 0.3) is 0 Å². The Morgan fingerprint density at radius 3 is 2.67 bits per heavy atom. The second-order valence-electron chi connectivity index (χ2n) is 3.93. The summed E-state index contributed by atoms with van der Waals surface area (Å²) in [6, 6.07) is 4.07. The van der Waals surface area contributed by atoms with Gasteiger partial charge in [0.15, 0.2) is 9.84 Å². The van der Waals surface area contributed by atoms with Crippen LogP contribution in [0.5, 0.6) is 0 Å². The van der Waals surface area contributed by atoms with Crippen LogP contribution in [0.25, 0.3) is 0 Å². The highest BCUT2D eigenvalue weighted by Crippen LogP contribution is 2.21. The molecule has 0 aliphatic heterocycles. The summed E-state index contributed by atoms with van der Waals surface area (Å²) < 4.78 is 37.2. The van der Waals surface area contributed by atoms with E-state index in [9.17, 15) is 17.6 Å². The minimum atomic E-state index is -3.73. The first-order valence-corrected chi connectivity index (χ1v) is 7.19. The number of rotatable bonds is 5.